The van der Waals surface area contributed by atoms with Crippen LogP contribution in [0, 0.1) is 6.92 Å². The number of aryl methyl sites for hydroxylation is 1. The van der Waals surface area contributed by atoms with Gasteiger partial charge in [-0.2, -0.15) is 11.8 Å². The summed E-state index contributed by atoms with van der Waals surface area (Å²) < 4.78 is 2.28. The van der Waals surface area contributed by atoms with Gasteiger partial charge in [0.2, 0.25) is 0 Å². The minimum Gasteiger partial charge on any atom is -0.307 e. The first kappa shape index (κ1) is 13.3. The zero-order valence-electron chi connectivity index (χ0n) is 11.3. The summed E-state index contributed by atoms with van der Waals surface area (Å²) in [6.45, 7) is 4.07. The number of thioether (sulfide) groups is 1. The lowest BCUT2D eigenvalue weighted by molar-refractivity contribution is 0.491. The molecule has 0 saturated carbocycles. The Morgan fingerprint density at radius 3 is 3.05 bits per heavy atom. The first-order chi connectivity index (χ1) is 9.18. The predicted octanol–water partition coefficient (Wildman–Crippen LogP) is 4.11. The van der Waals surface area contributed by atoms with Crippen LogP contribution in [0.2, 0.25) is 0 Å². The first-order valence-corrected chi connectivity index (χ1v) is 8.33. The summed E-state index contributed by atoms with van der Waals surface area (Å²) in [6.07, 6.45) is 4.33. The molecule has 1 fully saturated rings. The van der Waals surface area contributed by atoms with Crippen LogP contribution in [0.1, 0.15) is 42.6 Å². The zero-order chi connectivity index (χ0) is 13.4. The molecule has 2 aromatic rings. The molecule has 0 radical (unpaired) electrons. The van der Waals surface area contributed by atoms with E-state index in [1.54, 1.807) is 0 Å². The van der Waals surface area contributed by atoms with Crippen LogP contribution in [0.5, 0.6) is 0 Å². The van der Waals surface area contributed by atoms with E-state index in [-0.39, 0.29) is 5.38 Å². The van der Waals surface area contributed by atoms with Gasteiger partial charge in [-0.25, -0.2) is 9.97 Å². The minimum absolute atomic E-state index is 0.0828. The normalized spacial score (nSPS) is 21.7. The van der Waals surface area contributed by atoms with Crippen molar-refractivity contribution in [2.45, 2.75) is 38.1 Å². The fraction of sp³-hybridized carbons (Fsp3) is 0.571. The van der Waals surface area contributed by atoms with Gasteiger partial charge in [0.25, 0.3) is 0 Å². The molecule has 19 heavy (non-hydrogen) atoms. The quantitative estimate of drug-likeness (QED) is 0.781. The van der Waals surface area contributed by atoms with E-state index in [1.165, 1.54) is 24.2 Å². The molecule has 2 unspecified atom stereocenters. The summed E-state index contributed by atoms with van der Waals surface area (Å²) in [5, 5.41) is -0.0828. The number of hydrogen-bond acceptors (Lipinski definition) is 3. The molecule has 3 rings (SSSR count). The molecule has 1 aliphatic heterocycles. The highest BCUT2D eigenvalue weighted by Gasteiger charge is 2.24. The monoisotopic (exact) mass is 295 g/mol. The van der Waals surface area contributed by atoms with Crippen LogP contribution in [0.25, 0.3) is 11.2 Å². The minimum atomic E-state index is -0.0828. The standard InChI is InChI=1S/C14H18ClN3S/c1-9-5-6-16-14-12(9)17-13(10(2)15)18(14)11-4-3-7-19-8-11/h5-6,10-11H,3-4,7-8H2,1-2H3. The molecule has 1 saturated heterocycles. The molecule has 0 amide bonds. The van der Waals surface area contributed by atoms with Crippen molar-refractivity contribution in [2.24, 2.45) is 0 Å². The number of alkyl halides is 1. The average molecular weight is 296 g/mol. The molecule has 0 N–H and O–H groups in total. The smallest absolute Gasteiger partial charge is 0.160 e. The Hall–Kier alpha value is -0.740. The second-order valence-electron chi connectivity index (χ2n) is 5.13. The largest absolute Gasteiger partial charge is 0.307 e. The number of rotatable bonds is 2. The van der Waals surface area contributed by atoms with Gasteiger partial charge < -0.3 is 4.57 Å². The van der Waals surface area contributed by atoms with Crippen LogP contribution < -0.4 is 0 Å². The van der Waals surface area contributed by atoms with Gasteiger partial charge in [0.15, 0.2) is 5.65 Å². The van der Waals surface area contributed by atoms with Gasteiger partial charge in [-0.3, -0.25) is 0 Å². The van der Waals surface area contributed by atoms with E-state index >= 15 is 0 Å². The summed E-state index contributed by atoms with van der Waals surface area (Å²) in [6, 6.07) is 2.49. The lowest BCUT2D eigenvalue weighted by Gasteiger charge is -2.25. The number of halogens is 1. The molecule has 5 heteroatoms. The van der Waals surface area contributed by atoms with Crippen LogP contribution in [0.3, 0.4) is 0 Å². The van der Waals surface area contributed by atoms with Crippen molar-refractivity contribution in [1.29, 1.82) is 0 Å². The molecule has 0 aliphatic carbocycles. The van der Waals surface area contributed by atoms with Gasteiger partial charge in [-0.05, 0) is 44.1 Å². The summed E-state index contributed by atoms with van der Waals surface area (Å²) in [4.78, 5) is 9.30. The number of pyridine rings is 1. The molecule has 102 valence electrons. The summed E-state index contributed by atoms with van der Waals surface area (Å²) in [5.74, 6) is 3.37. The van der Waals surface area contributed by atoms with Crippen LogP contribution in [-0.4, -0.2) is 26.0 Å². The van der Waals surface area contributed by atoms with Crippen LogP contribution >= 0.6 is 23.4 Å². The molecule has 3 nitrogen and oxygen atoms in total. The van der Waals surface area contributed by atoms with Gasteiger partial charge in [0.05, 0.1) is 5.38 Å². The molecule has 1 aliphatic rings. The molecule has 0 spiro atoms. The van der Waals surface area contributed by atoms with E-state index < -0.39 is 0 Å². The number of hydrogen-bond donors (Lipinski definition) is 0. The maximum atomic E-state index is 6.33. The van der Waals surface area contributed by atoms with E-state index in [9.17, 15) is 0 Å². The van der Waals surface area contributed by atoms with Gasteiger partial charge >= 0.3 is 0 Å². The molecule has 3 heterocycles. The summed E-state index contributed by atoms with van der Waals surface area (Å²) in [5.41, 5.74) is 3.17. The summed E-state index contributed by atoms with van der Waals surface area (Å²) in [7, 11) is 0. The number of fused-ring (bicyclic) bond motifs is 1. The van der Waals surface area contributed by atoms with Gasteiger partial charge in [0, 0.05) is 18.0 Å². The Morgan fingerprint density at radius 1 is 1.53 bits per heavy atom. The highest BCUT2D eigenvalue weighted by Crippen LogP contribution is 2.34. The number of imidazole rings is 1. The third-order valence-corrected chi connectivity index (χ3v) is 5.06. The van der Waals surface area contributed by atoms with Crippen molar-refractivity contribution in [3.05, 3.63) is 23.7 Å². The fourth-order valence-corrected chi connectivity index (χ4v) is 3.97. The van der Waals surface area contributed by atoms with Crippen LogP contribution in [0.15, 0.2) is 12.3 Å². The van der Waals surface area contributed by atoms with Crippen molar-refractivity contribution in [3.63, 3.8) is 0 Å². The van der Waals surface area contributed by atoms with Gasteiger partial charge in [-0.1, -0.05) is 0 Å². The Balaban J connectivity index is 2.18. The molecule has 2 atom stereocenters. The van der Waals surface area contributed by atoms with Crippen molar-refractivity contribution in [1.82, 2.24) is 14.5 Å². The Kier molecular flexibility index (Phi) is 3.72. The first-order valence-electron chi connectivity index (χ1n) is 6.73. The predicted molar refractivity (Wildman–Crippen MR) is 82.1 cm³/mol. The van der Waals surface area contributed by atoms with Crippen LogP contribution in [0.4, 0.5) is 0 Å². The van der Waals surface area contributed by atoms with Gasteiger partial charge in [0.1, 0.15) is 11.3 Å². The number of nitrogens with zero attached hydrogens (tertiary/aromatic N) is 3. The fourth-order valence-electron chi connectivity index (χ4n) is 2.70. The van der Waals surface area contributed by atoms with Crippen LogP contribution in [-0.2, 0) is 0 Å². The maximum absolute atomic E-state index is 6.33. The Morgan fingerprint density at radius 2 is 2.37 bits per heavy atom. The molecular formula is C14H18ClN3S. The molecule has 0 bridgehead atoms. The van der Waals surface area contributed by atoms with E-state index in [4.69, 9.17) is 16.6 Å². The van der Waals surface area contributed by atoms with E-state index in [2.05, 4.69) is 16.5 Å². The van der Waals surface area contributed by atoms with E-state index in [0.29, 0.717) is 6.04 Å². The Bertz CT molecular complexity index is 588. The number of aromatic nitrogens is 3. The Labute approximate surface area is 122 Å². The highest BCUT2D eigenvalue weighted by molar-refractivity contribution is 7.99. The molecule has 2 aromatic heterocycles. The lowest BCUT2D eigenvalue weighted by atomic mass is 10.1. The van der Waals surface area contributed by atoms with Crippen molar-refractivity contribution in [2.75, 3.05) is 11.5 Å². The average Bonchev–Trinajstić information content (AvgIpc) is 2.81. The third kappa shape index (κ3) is 2.36. The van der Waals surface area contributed by atoms with Crippen molar-refractivity contribution < 1.29 is 0 Å². The highest BCUT2D eigenvalue weighted by atomic mass is 35.5. The summed E-state index contributed by atoms with van der Waals surface area (Å²) >= 11 is 8.35. The van der Waals surface area contributed by atoms with E-state index in [1.807, 2.05) is 30.9 Å². The lowest BCUT2D eigenvalue weighted by Crippen LogP contribution is -2.19. The second-order valence-corrected chi connectivity index (χ2v) is 6.93. The zero-order valence-corrected chi connectivity index (χ0v) is 12.8. The SMILES string of the molecule is Cc1ccnc2c1nc(C(C)Cl)n2C1CCCSC1. The maximum Gasteiger partial charge on any atom is 0.160 e. The van der Waals surface area contributed by atoms with Gasteiger partial charge in [-0.15, -0.1) is 11.6 Å². The third-order valence-electron chi connectivity index (χ3n) is 3.67. The van der Waals surface area contributed by atoms with Crippen molar-refractivity contribution in [3.8, 4) is 0 Å². The second kappa shape index (κ2) is 5.33. The molecular weight excluding hydrogens is 278 g/mol. The molecule has 0 aromatic carbocycles. The van der Waals surface area contributed by atoms with Crippen molar-refractivity contribution >= 4 is 34.5 Å². The topological polar surface area (TPSA) is 30.7 Å². The van der Waals surface area contributed by atoms with E-state index in [0.717, 1.165) is 22.7 Å².